The Balaban J connectivity index is 1.54. The average Bonchev–Trinajstić information content (AvgIpc) is 3.23. The molecule has 2 aliphatic rings. The van der Waals surface area contributed by atoms with E-state index in [4.69, 9.17) is 32.3 Å². The fourth-order valence-corrected chi connectivity index (χ4v) is 7.79. The SMILES string of the molecule is COCCOCCC(=O)NCC1O[C@@H](OP(C)(=O)OP(C)(=O)OCC2OC(n3ccc(=O)[nH]c3=O)[C@H](O)[C@@H]2O)C(O)[C@@H](O)[C@H]1O. The minimum absolute atomic E-state index is 0.0321. The van der Waals surface area contributed by atoms with E-state index in [1.807, 2.05) is 4.98 Å². The molecule has 1 amide bonds. The van der Waals surface area contributed by atoms with Gasteiger partial charge in [0.05, 0.1) is 26.4 Å². The standard InChI is InChI=1S/C23H39N3O17P2/c1-37-8-9-38-7-5-14(27)24-10-12-16(29)18(31)20(33)22(41-12)42-45(3,36)43-44(2,35)39-11-13-17(30)19(32)21(40-13)26-6-4-15(28)25-23(26)34/h4,6,12-13,16-22,29-33H,5,7-11H2,1-3H3,(H,24,27)(H,25,28,34)/t12?,13?,16-,17+,18-,19+,20?,21?,22-,44?,45?/m0/s1. The molecule has 1 aromatic rings. The Morgan fingerprint density at radius 1 is 0.956 bits per heavy atom. The van der Waals surface area contributed by atoms with E-state index in [2.05, 4.69) is 5.32 Å². The summed E-state index contributed by atoms with van der Waals surface area (Å²) in [6.07, 6.45) is -13.8. The summed E-state index contributed by atoms with van der Waals surface area (Å²) in [4.78, 5) is 37.4. The highest BCUT2D eigenvalue weighted by atomic mass is 31.3. The third kappa shape index (κ3) is 10.6. The van der Waals surface area contributed by atoms with Crippen LogP contribution in [0.2, 0.25) is 0 Å². The molecule has 0 aromatic carbocycles. The van der Waals surface area contributed by atoms with E-state index in [1.165, 1.54) is 7.11 Å². The van der Waals surface area contributed by atoms with Crippen molar-refractivity contribution in [3.63, 3.8) is 0 Å². The summed E-state index contributed by atoms with van der Waals surface area (Å²) in [5.74, 6) is -0.476. The van der Waals surface area contributed by atoms with Gasteiger partial charge in [-0.15, -0.1) is 0 Å². The number of carbonyl (C=O) groups is 1. The fraction of sp³-hybridized carbons (Fsp3) is 0.783. The lowest BCUT2D eigenvalue weighted by molar-refractivity contribution is -0.271. The Bertz CT molecular complexity index is 1340. The number of aromatic nitrogens is 2. The Labute approximate surface area is 256 Å². The highest BCUT2D eigenvalue weighted by molar-refractivity contribution is 7.66. The number of ether oxygens (including phenoxy) is 4. The van der Waals surface area contributed by atoms with Gasteiger partial charge in [0.1, 0.15) is 42.7 Å². The first-order valence-electron chi connectivity index (χ1n) is 13.6. The lowest BCUT2D eigenvalue weighted by atomic mass is 9.99. The van der Waals surface area contributed by atoms with Crippen molar-refractivity contribution in [1.29, 1.82) is 0 Å². The number of nitrogens with one attached hydrogen (secondary N) is 2. The number of aromatic amines is 1. The van der Waals surface area contributed by atoms with Gasteiger partial charge < -0.3 is 54.3 Å². The lowest BCUT2D eigenvalue weighted by Crippen LogP contribution is -2.60. The lowest BCUT2D eigenvalue weighted by Gasteiger charge is -2.40. The normalized spacial score (nSPS) is 32.9. The molecule has 20 nitrogen and oxygen atoms in total. The van der Waals surface area contributed by atoms with E-state index in [0.29, 0.717) is 6.61 Å². The summed E-state index contributed by atoms with van der Waals surface area (Å²) in [7, 11) is -7.23. The van der Waals surface area contributed by atoms with Crippen molar-refractivity contribution < 1.29 is 71.8 Å². The molecular weight excluding hydrogens is 652 g/mol. The summed E-state index contributed by atoms with van der Waals surface area (Å²) in [6, 6.07) is 0.994. The second kappa shape index (κ2) is 16.3. The number of nitrogens with zero attached hydrogens (tertiary/aromatic N) is 1. The van der Waals surface area contributed by atoms with Crippen LogP contribution < -0.4 is 16.6 Å². The van der Waals surface area contributed by atoms with Crippen LogP contribution in [0.1, 0.15) is 12.6 Å². The summed E-state index contributed by atoms with van der Waals surface area (Å²) >= 11 is 0. The van der Waals surface area contributed by atoms with Gasteiger partial charge in [0.2, 0.25) is 5.91 Å². The number of aliphatic hydroxyl groups is 5. The van der Waals surface area contributed by atoms with Crippen LogP contribution in [-0.2, 0) is 46.2 Å². The van der Waals surface area contributed by atoms with Crippen molar-refractivity contribution in [2.75, 3.05) is 53.4 Å². The molecule has 3 heterocycles. The minimum atomic E-state index is -4.43. The number of rotatable bonds is 16. The highest BCUT2D eigenvalue weighted by Gasteiger charge is 2.48. The summed E-state index contributed by atoms with van der Waals surface area (Å²) < 4.78 is 63.2. The summed E-state index contributed by atoms with van der Waals surface area (Å²) in [6.45, 7) is 1.47. The van der Waals surface area contributed by atoms with Crippen LogP contribution in [0, 0.1) is 0 Å². The molecule has 1 aromatic heterocycles. The number of amides is 1. The number of aliphatic hydroxyl groups excluding tert-OH is 5. The van der Waals surface area contributed by atoms with E-state index in [9.17, 15) is 49.0 Å². The van der Waals surface area contributed by atoms with Crippen LogP contribution in [0.4, 0.5) is 0 Å². The average molecular weight is 692 g/mol. The van der Waals surface area contributed by atoms with Gasteiger partial charge in [-0.25, -0.2) is 9.11 Å². The molecule has 2 aliphatic heterocycles. The van der Waals surface area contributed by atoms with Gasteiger partial charge in [-0.1, -0.05) is 0 Å². The van der Waals surface area contributed by atoms with Crippen LogP contribution >= 0.6 is 15.2 Å². The summed E-state index contributed by atoms with van der Waals surface area (Å²) in [5.41, 5.74) is -1.62. The van der Waals surface area contributed by atoms with Crippen LogP contribution in [0.25, 0.3) is 0 Å². The first kappa shape index (κ1) is 37.6. The molecule has 45 heavy (non-hydrogen) atoms. The predicted octanol–water partition coefficient (Wildman–Crippen LogP) is -3.17. The Morgan fingerprint density at radius 2 is 1.64 bits per heavy atom. The van der Waals surface area contributed by atoms with Crippen LogP contribution in [0.5, 0.6) is 0 Å². The molecule has 11 atom stereocenters. The van der Waals surface area contributed by atoms with Crippen molar-refractivity contribution in [3.05, 3.63) is 33.1 Å². The van der Waals surface area contributed by atoms with Crippen LogP contribution in [0.15, 0.2) is 21.9 Å². The highest BCUT2D eigenvalue weighted by Crippen LogP contribution is 2.62. The second-order valence-electron chi connectivity index (χ2n) is 10.3. The Kier molecular flexibility index (Phi) is 13.6. The third-order valence-electron chi connectivity index (χ3n) is 6.60. The Morgan fingerprint density at radius 3 is 2.31 bits per heavy atom. The molecule has 2 fully saturated rings. The molecule has 0 radical (unpaired) electrons. The zero-order valence-electron chi connectivity index (χ0n) is 24.6. The van der Waals surface area contributed by atoms with Crippen LogP contribution in [-0.4, -0.2) is 143 Å². The Hall–Kier alpha value is -1.87. The second-order valence-corrected chi connectivity index (χ2v) is 14.5. The van der Waals surface area contributed by atoms with E-state index in [0.717, 1.165) is 30.2 Å². The van der Waals surface area contributed by atoms with E-state index in [1.54, 1.807) is 0 Å². The molecule has 0 bridgehead atoms. The van der Waals surface area contributed by atoms with Gasteiger partial charge in [-0.05, 0) is 0 Å². The third-order valence-corrected chi connectivity index (χ3v) is 10.2. The van der Waals surface area contributed by atoms with Gasteiger partial charge in [0.25, 0.3) is 5.56 Å². The molecule has 258 valence electrons. The fourth-order valence-electron chi connectivity index (χ4n) is 4.32. The molecule has 22 heteroatoms. The van der Waals surface area contributed by atoms with E-state index >= 15 is 0 Å². The predicted molar refractivity (Wildman–Crippen MR) is 149 cm³/mol. The monoisotopic (exact) mass is 691 g/mol. The molecular formula is C23H39N3O17P2. The van der Waals surface area contributed by atoms with Crippen molar-refractivity contribution in [3.8, 4) is 0 Å². The van der Waals surface area contributed by atoms with E-state index in [-0.39, 0.29) is 26.2 Å². The molecule has 6 unspecified atom stereocenters. The first-order valence-corrected chi connectivity index (χ1v) is 17.6. The smallest absolute Gasteiger partial charge is 0.337 e. The minimum Gasteiger partial charge on any atom is -0.388 e. The zero-order valence-corrected chi connectivity index (χ0v) is 26.4. The van der Waals surface area contributed by atoms with Gasteiger partial charge in [-0.3, -0.25) is 32.8 Å². The number of hydrogen-bond donors (Lipinski definition) is 7. The molecule has 7 N–H and O–H groups in total. The maximum atomic E-state index is 13.1. The molecule has 0 spiro atoms. The van der Waals surface area contributed by atoms with Gasteiger partial charge in [0.15, 0.2) is 12.5 Å². The van der Waals surface area contributed by atoms with Crippen molar-refractivity contribution >= 4 is 21.1 Å². The zero-order chi connectivity index (χ0) is 33.5. The molecule has 0 aliphatic carbocycles. The van der Waals surface area contributed by atoms with Crippen molar-refractivity contribution in [2.24, 2.45) is 0 Å². The van der Waals surface area contributed by atoms with Crippen molar-refractivity contribution in [2.45, 2.75) is 61.7 Å². The maximum Gasteiger partial charge on any atom is 0.337 e. The number of methoxy groups -OCH3 is 1. The van der Waals surface area contributed by atoms with Gasteiger partial charge in [-0.2, -0.15) is 0 Å². The van der Waals surface area contributed by atoms with Gasteiger partial charge >= 0.3 is 20.9 Å². The molecule has 3 rings (SSSR count). The van der Waals surface area contributed by atoms with Gasteiger partial charge in [0, 0.05) is 45.7 Å². The number of hydrogen-bond acceptors (Lipinski definition) is 17. The first-order chi connectivity index (χ1) is 21.0. The van der Waals surface area contributed by atoms with Crippen LogP contribution in [0.3, 0.4) is 0 Å². The summed E-state index contributed by atoms with van der Waals surface area (Å²) in [5, 5.41) is 54.1. The number of H-pyrrole nitrogens is 1. The van der Waals surface area contributed by atoms with Crippen molar-refractivity contribution in [1.82, 2.24) is 14.9 Å². The molecule has 2 saturated heterocycles. The largest absolute Gasteiger partial charge is 0.388 e. The molecule has 0 saturated carbocycles. The number of carbonyl (C=O) groups excluding carboxylic acids is 1. The quantitative estimate of drug-likeness (QED) is 0.0665. The maximum absolute atomic E-state index is 13.1. The van der Waals surface area contributed by atoms with E-state index < -0.39 is 94.2 Å². The topological polar surface area (TPSA) is 284 Å².